The fraction of sp³-hybridized carbons (Fsp3) is 0.571. The fourth-order valence-electron chi connectivity index (χ4n) is 0.992. The lowest BCUT2D eigenvalue weighted by Gasteiger charge is -2.05. The van der Waals surface area contributed by atoms with E-state index in [0.29, 0.717) is 4.57 Å². The highest BCUT2D eigenvalue weighted by Gasteiger charge is 2.09. The van der Waals surface area contributed by atoms with Gasteiger partial charge in [-0.3, -0.25) is 9.98 Å². The van der Waals surface area contributed by atoms with Gasteiger partial charge in [-0.15, -0.1) is 0 Å². The molecule has 0 radical (unpaired) electrons. The lowest BCUT2D eigenvalue weighted by molar-refractivity contribution is 0.0641. The third-order valence-electron chi connectivity index (χ3n) is 1.64. The second-order valence-electron chi connectivity index (χ2n) is 2.81. The lowest BCUT2D eigenvalue weighted by atomic mass is 10.4. The molecule has 0 fully saturated rings. The van der Waals surface area contributed by atoms with Crippen LogP contribution in [0.25, 0.3) is 0 Å². The Balaban J connectivity index is 3.14. The molecule has 0 amide bonds. The standard InChI is InChI=1S/C7H11F2N3/c1-5(2)11-3-4-12(6(8)9)7(11)10/h3-6,10H,1-2H3. The van der Waals surface area contributed by atoms with Crippen molar-refractivity contribution in [2.45, 2.75) is 26.4 Å². The van der Waals surface area contributed by atoms with Crippen molar-refractivity contribution < 1.29 is 8.78 Å². The minimum atomic E-state index is -2.63. The Morgan fingerprint density at radius 2 is 1.75 bits per heavy atom. The van der Waals surface area contributed by atoms with Gasteiger partial charge in [0, 0.05) is 18.4 Å². The highest BCUT2D eigenvalue weighted by Crippen LogP contribution is 2.07. The van der Waals surface area contributed by atoms with Crippen molar-refractivity contribution in [3.63, 3.8) is 0 Å². The zero-order valence-corrected chi connectivity index (χ0v) is 6.96. The Kier molecular flexibility index (Phi) is 2.30. The number of hydrogen-bond donors (Lipinski definition) is 1. The predicted molar refractivity (Wildman–Crippen MR) is 39.9 cm³/mol. The molecule has 0 spiro atoms. The first kappa shape index (κ1) is 8.96. The normalized spacial score (nSPS) is 11.5. The van der Waals surface area contributed by atoms with Gasteiger partial charge in [-0.25, -0.2) is 0 Å². The zero-order valence-electron chi connectivity index (χ0n) is 6.96. The molecule has 12 heavy (non-hydrogen) atoms. The summed E-state index contributed by atoms with van der Waals surface area (Å²) in [7, 11) is 0. The summed E-state index contributed by atoms with van der Waals surface area (Å²) < 4.78 is 26.4. The summed E-state index contributed by atoms with van der Waals surface area (Å²) >= 11 is 0. The second-order valence-corrected chi connectivity index (χ2v) is 2.81. The van der Waals surface area contributed by atoms with Gasteiger partial charge in [-0.05, 0) is 13.8 Å². The van der Waals surface area contributed by atoms with E-state index in [1.807, 2.05) is 13.8 Å². The van der Waals surface area contributed by atoms with Crippen molar-refractivity contribution in [2.75, 3.05) is 0 Å². The van der Waals surface area contributed by atoms with Crippen LogP contribution in [-0.4, -0.2) is 9.13 Å². The summed E-state index contributed by atoms with van der Waals surface area (Å²) in [6.07, 6.45) is 2.70. The van der Waals surface area contributed by atoms with Crippen molar-refractivity contribution >= 4 is 0 Å². The summed E-state index contributed by atoms with van der Waals surface area (Å²) in [6.45, 7) is 1.05. The maximum absolute atomic E-state index is 12.1. The molecule has 0 aliphatic carbocycles. The molecule has 1 heterocycles. The molecule has 1 aromatic rings. The first-order chi connectivity index (χ1) is 5.54. The third kappa shape index (κ3) is 1.39. The molecule has 0 aliphatic rings. The topological polar surface area (TPSA) is 33.7 Å². The molecular weight excluding hydrogens is 164 g/mol. The Morgan fingerprint density at radius 1 is 1.25 bits per heavy atom. The van der Waals surface area contributed by atoms with Crippen LogP contribution < -0.4 is 5.62 Å². The van der Waals surface area contributed by atoms with Crippen molar-refractivity contribution in [1.29, 1.82) is 5.41 Å². The first-order valence-electron chi connectivity index (χ1n) is 3.65. The number of hydrogen-bond acceptors (Lipinski definition) is 1. The average Bonchev–Trinajstić information content (AvgIpc) is 2.30. The number of nitrogens with zero attached hydrogens (tertiary/aromatic N) is 2. The zero-order chi connectivity index (χ0) is 9.30. The van der Waals surface area contributed by atoms with Gasteiger partial charge < -0.3 is 4.57 Å². The van der Waals surface area contributed by atoms with E-state index in [1.165, 1.54) is 17.0 Å². The van der Waals surface area contributed by atoms with Gasteiger partial charge in [0.15, 0.2) is 0 Å². The van der Waals surface area contributed by atoms with Gasteiger partial charge in [-0.1, -0.05) is 0 Å². The second kappa shape index (κ2) is 3.08. The Morgan fingerprint density at radius 3 is 2.00 bits per heavy atom. The van der Waals surface area contributed by atoms with Gasteiger partial charge in [0.1, 0.15) is 0 Å². The summed E-state index contributed by atoms with van der Waals surface area (Å²) in [6, 6.07) is 0.0394. The highest BCUT2D eigenvalue weighted by molar-refractivity contribution is 4.81. The minimum Gasteiger partial charge on any atom is -0.315 e. The van der Waals surface area contributed by atoms with Gasteiger partial charge in [0.2, 0.25) is 5.62 Å². The largest absolute Gasteiger partial charge is 0.321 e. The van der Waals surface area contributed by atoms with E-state index in [1.54, 1.807) is 0 Å². The summed E-state index contributed by atoms with van der Waals surface area (Å²) in [4.78, 5) is 0. The number of rotatable bonds is 2. The molecular formula is C7H11F2N3. The van der Waals surface area contributed by atoms with E-state index in [-0.39, 0.29) is 11.7 Å². The van der Waals surface area contributed by atoms with Crippen LogP contribution in [0.4, 0.5) is 8.78 Å². The lowest BCUT2D eigenvalue weighted by Crippen LogP contribution is -2.25. The molecule has 0 saturated carbocycles. The number of halogens is 2. The van der Waals surface area contributed by atoms with Crippen molar-refractivity contribution in [3.8, 4) is 0 Å². The Bertz CT molecular complexity index is 282. The SMILES string of the molecule is CC(C)n1ccn(C(F)F)c1=N. The molecule has 0 aliphatic heterocycles. The average molecular weight is 175 g/mol. The molecule has 0 bridgehead atoms. The fourth-order valence-corrected chi connectivity index (χ4v) is 0.992. The Hall–Kier alpha value is -1.13. The third-order valence-corrected chi connectivity index (χ3v) is 1.64. The van der Waals surface area contributed by atoms with Gasteiger partial charge in [0.05, 0.1) is 0 Å². The van der Waals surface area contributed by atoms with Crippen LogP contribution in [0, 0.1) is 5.41 Å². The first-order valence-corrected chi connectivity index (χ1v) is 3.65. The molecule has 3 nitrogen and oxygen atoms in total. The van der Waals surface area contributed by atoms with E-state index in [2.05, 4.69) is 0 Å². The molecule has 1 N–H and O–H groups in total. The predicted octanol–water partition coefficient (Wildman–Crippen LogP) is 1.75. The van der Waals surface area contributed by atoms with Crippen molar-refractivity contribution in [3.05, 3.63) is 18.0 Å². The van der Waals surface area contributed by atoms with Crippen LogP contribution >= 0.6 is 0 Å². The molecule has 5 heteroatoms. The minimum absolute atomic E-state index is 0.0394. The molecule has 1 rings (SSSR count). The van der Waals surface area contributed by atoms with E-state index >= 15 is 0 Å². The smallest absolute Gasteiger partial charge is 0.315 e. The van der Waals surface area contributed by atoms with E-state index in [0.717, 1.165) is 0 Å². The summed E-state index contributed by atoms with van der Waals surface area (Å²) in [5.74, 6) is 0. The monoisotopic (exact) mass is 175 g/mol. The van der Waals surface area contributed by atoms with Crippen LogP contribution in [0.3, 0.4) is 0 Å². The molecule has 0 saturated heterocycles. The quantitative estimate of drug-likeness (QED) is 0.710. The van der Waals surface area contributed by atoms with Crippen LogP contribution in [-0.2, 0) is 0 Å². The molecule has 0 aromatic carbocycles. The highest BCUT2D eigenvalue weighted by atomic mass is 19.3. The number of nitrogens with one attached hydrogen (secondary N) is 1. The Labute approximate surface area is 68.8 Å². The summed E-state index contributed by atoms with van der Waals surface area (Å²) in [5.41, 5.74) is -0.167. The van der Waals surface area contributed by atoms with E-state index in [4.69, 9.17) is 5.41 Å². The molecule has 68 valence electrons. The van der Waals surface area contributed by atoms with Gasteiger partial charge in [-0.2, -0.15) is 8.78 Å². The number of imidazole rings is 1. The van der Waals surface area contributed by atoms with Crippen LogP contribution in [0.2, 0.25) is 0 Å². The van der Waals surface area contributed by atoms with Gasteiger partial charge in [0.25, 0.3) is 0 Å². The van der Waals surface area contributed by atoms with Crippen LogP contribution in [0.1, 0.15) is 26.4 Å². The number of aromatic nitrogens is 2. The maximum atomic E-state index is 12.1. The van der Waals surface area contributed by atoms with Crippen LogP contribution in [0.5, 0.6) is 0 Å². The van der Waals surface area contributed by atoms with Crippen molar-refractivity contribution in [2.24, 2.45) is 0 Å². The maximum Gasteiger partial charge on any atom is 0.321 e. The van der Waals surface area contributed by atoms with E-state index in [9.17, 15) is 8.78 Å². The van der Waals surface area contributed by atoms with Gasteiger partial charge >= 0.3 is 6.55 Å². The number of alkyl halides is 2. The molecule has 1 aromatic heterocycles. The van der Waals surface area contributed by atoms with Crippen LogP contribution in [0.15, 0.2) is 12.4 Å². The summed E-state index contributed by atoms with van der Waals surface area (Å²) in [5, 5.41) is 7.33. The molecule has 0 unspecified atom stereocenters. The van der Waals surface area contributed by atoms with Crippen molar-refractivity contribution in [1.82, 2.24) is 9.13 Å². The van der Waals surface area contributed by atoms with E-state index < -0.39 is 6.55 Å². The molecule has 0 atom stereocenters.